The molecule has 2 nitrogen and oxygen atoms in total. The van der Waals surface area contributed by atoms with E-state index in [1.165, 1.54) is 12.8 Å². The van der Waals surface area contributed by atoms with E-state index in [1.54, 1.807) is 0 Å². The first-order chi connectivity index (χ1) is 5.13. The van der Waals surface area contributed by atoms with Gasteiger partial charge in [-0.15, -0.1) is 0 Å². The molecular weight excluding hydrogens is 163 g/mol. The number of carboxylic acids is 1. The first-order valence-corrected chi connectivity index (χ1v) is 4.34. The number of carbonyl (C=O) groups is 1. The van der Waals surface area contributed by atoms with Gasteiger partial charge in [0, 0.05) is 36.0 Å². The van der Waals surface area contributed by atoms with Gasteiger partial charge in [0.05, 0.1) is 0 Å². The fourth-order valence-corrected chi connectivity index (χ4v) is 1.01. The third kappa shape index (κ3) is 13.1. The van der Waals surface area contributed by atoms with Crippen LogP contribution in [0.15, 0.2) is 0 Å². The van der Waals surface area contributed by atoms with Crippen molar-refractivity contribution < 1.29 is 9.90 Å². The average Bonchev–Trinajstić information content (AvgIpc) is 1.85. The van der Waals surface area contributed by atoms with Crippen LogP contribution < -0.4 is 0 Å². The zero-order valence-corrected chi connectivity index (χ0v) is 10.5. The zero-order valence-electron chi connectivity index (χ0n) is 8.47. The van der Waals surface area contributed by atoms with Crippen molar-refractivity contribution in [2.24, 2.45) is 5.92 Å². The topological polar surface area (TPSA) is 37.3 Å². The average molecular weight is 181 g/mol. The first-order valence-electron chi connectivity index (χ1n) is 4.34. The first kappa shape index (κ1) is 15.0. The van der Waals surface area contributed by atoms with Crippen LogP contribution in [0.2, 0.25) is 0 Å². The summed E-state index contributed by atoms with van der Waals surface area (Å²) in [5.41, 5.74) is 0. The molecule has 0 atom stereocenters. The van der Waals surface area contributed by atoms with E-state index >= 15 is 0 Å². The van der Waals surface area contributed by atoms with Gasteiger partial charge in [-0.1, -0.05) is 33.1 Å². The zero-order chi connectivity index (χ0) is 8.69. The Balaban J connectivity index is 0. The number of carboxylic acid groups (broad SMARTS) is 1. The smallest absolute Gasteiger partial charge is 0.303 e. The minimum Gasteiger partial charge on any atom is -0.481 e. The largest absolute Gasteiger partial charge is 0.481 e. The Morgan fingerprint density at radius 2 is 1.83 bits per heavy atom. The summed E-state index contributed by atoms with van der Waals surface area (Å²) < 4.78 is 0. The Bertz CT molecular complexity index is 113. The van der Waals surface area contributed by atoms with Gasteiger partial charge >= 0.3 is 5.97 Å². The molecule has 0 aromatic rings. The monoisotopic (exact) mass is 181 g/mol. The summed E-state index contributed by atoms with van der Waals surface area (Å²) in [5, 5.41) is 8.32. The fraction of sp³-hybridized carbons (Fsp3) is 0.889. The summed E-state index contributed by atoms with van der Waals surface area (Å²) in [6, 6.07) is 0. The van der Waals surface area contributed by atoms with Crippen molar-refractivity contribution in [2.45, 2.75) is 46.0 Å². The molecule has 0 amide bonds. The van der Waals surface area contributed by atoms with Gasteiger partial charge in [-0.3, -0.25) is 4.79 Å². The molecule has 0 saturated carbocycles. The van der Waals surface area contributed by atoms with Crippen molar-refractivity contribution in [3.05, 3.63) is 0 Å². The van der Waals surface area contributed by atoms with Gasteiger partial charge in [-0.2, -0.15) is 0 Å². The SMILES string of the molecule is CC(C)CCCCCC(=O)O.[Na]. The van der Waals surface area contributed by atoms with Crippen molar-refractivity contribution in [1.82, 2.24) is 0 Å². The molecule has 0 aliphatic rings. The summed E-state index contributed by atoms with van der Waals surface area (Å²) in [5.74, 6) is 0.0781. The van der Waals surface area contributed by atoms with Crippen LogP contribution >= 0.6 is 0 Å². The Kier molecular flexibility index (Phi) is 11.9. The minimum absolute atomic E-state index is 0. The molecule has 0 spiro atoms. The molecule has 0 aromatic heterocycles. The maximum absolute atomic E-state index is 10.1. The molecule has 0 rings (SSSR count). The number of rotatable bonds is 6. The summed E-state index contributed by atoms with van der Waals surface area (Å²) >= 11 is 0. The molecule has 0 heterocycles. The van der Waals surface area contributed by atoms with Gasteiger partial charge < -0.3 is 5.11 Å². The number of aliphatic carboxylic acids is 1. The number of hydrogen-bond acceptors (Lipinski definition) is 1. The third-order valence-corrected chi connectivity index (χ3v) is 1.67. The van der Waals surface area contributed by atoms with E-state index in [-0.39, 0.29) is 29.6 Å². The van der Waals surface area contributed by atoms with E-state index in [0.717, 1.165) is 18.8 Å². The normalized spacial score (nSPS) is 9.58. The molecule has 1 radical (unpaired) electrons. The van der Waals surface area contributed by atoms with Gasteiger partial charge in [-0.25, -0.2) is 0 Å². The van der Waals surface area contributed by atoms with Gasteiger partial charge in [-0.05, 0) is 12.3 Å². The van der Waals surface area contributed by atoms with Crippen LogP contribution in [0.4, 0.5) is 0 Å². The maximum Gasteiger partial charge on any atom is 0.303 e. The van der Waals surface area contributed by atoms with Crippen molar-refractivity contribution in [1.29, 1.82) is 0 Å². The molecule has 0 bridgehead atoms. The molecule has 0 aliphatic carbocycles. The second-order valence-corrected chi connectivity index (χ2v) is 3.39. The summed E-state index contributed by atoms with van der Waals surface area (Å²) in [6.07, 6.45) is 4.62. The number of hydrogen-bond donors (Lipinski definition) is 1. The molecule has 0 aromatic carbocycles. The summed E-state index contributed by atoms with van der Waals surface area (Å²) in [7, 11) is 0. The van der Waals surface area contributed by atoms with Crippen LogP contribution in [-0.4, -0.2) is 40.6 Å². The molecule has 12 heavy (non-hydrogen) atoms. The van der Waals surface area contributed by atoms with Gasteiger partial charge in [0.1, 0.15) is 0 Å². The molecule has 3 heteroatoms. The van der Waals surface area contributed by atoms with E-state index in [0.29, 0.717) is 6.42 Å². The molecule has 67 valence electrons. The molecule has 0 fully saturated rings. The molecule has 0 saturated heterocycles. The molecular formula is C9H18NaO2. The van der Waals surface area contributed by atoms with Crippen LogP contribution in [0.1, 0.15) is 46.0 Å². The van der Waals surface area contributed by atoms with Crippen LogP contribution in [0.5, 0.6) is 0 Å². The maximum atomic E-state index is 10.1. The van der Waals surface area contributed by atoms with E-state index in [9.17, 15) is 4.79 Å². The Morgan fingerprint density at radius 3 is 2.25 bits per heavy atom. The number of unbranched alkanes of at least 4 members (excludes halogenated alkanes) is 2. The van der Waals surface area contributed by atoms with E-state index in [4.69, 9.17) is 5.11 Å². The standard InChI is InChI=1S/C9H18O2.Na/c1-8(2)6-4-3-5-7-9(10)11;/h8H,3-7H2,1-2H3,(H,10,11);. The van der Waals surface area contributed by atoms with Crippen molar-refractivity contribution in [3.8, 4) is 0 Å². The van der Waals surface area contributed by atoms with Crippen LogP contribution in [0.3, 0.4) is 0 Å². The molecule has 0 unspecified atom stereocenters. The quantitative estimate of drug-likeness (QED) is 0.504. The fourth-order valence-electron chi connectivity index (χ4n) is 1.01. The Hall–Kier alpha value is 0.470. The van der Waals surface area contributed by atoms with Crippen molar-refractivity contribution in [2.75, 3.05) is 0 Å². The van der Waals surface area contributed by atoms with E-state index in [1.807, 2.05) is 0 Å². The van der Waals surface area contributed by atoms with Crippen LogP contribution in [0.25, 0.3) is 0 Å². The van der Waals surface area contributed by atoms with Gasteiger partial charge in [0.25, 0.3) is 0 Å². The van der Waals surface area contributed by atoms with Crippen molar-refractivity contribution in [3.63, 3.8) is 0 Å². The van der Waals surface area contributed by atoms with Crippen LogP contribution in [0, 0.1) is 5.92 Å². The van der Waals surface area contributed by atoms with Gasteiger partial charge in [0.2, 0.25) is 0 Å². The van der Waals surface area contributed by atoms with Crippen molar-refractivity contribution >= 4 is 35.5 Å². The summed E-state index contributed by atoms with van der Waals surface area (Å²) in [6.45, 7) is 4.38. The Labute approximate surface area is 97.0 Å². The second kappa shape index (κ2) is 9.56. The molecule has 1 N–H and O–H groups in total. The predicted molar refractivity (Wildman–Crippen MR) is 51.3 cm³/mol. The minimum atomic E-state index is -0.672. The third-order valence-electron chi connectivity index (χ3n) is 1.67. The molecule has 0 aliphatic heterocycles. The predicted octanol–water partition coefficient (Wildman–Crippen LogP) is 2.30. The van der Waals surface area contributed by atoms with E-state index < -0.39 is 5.97 Å². The second-order valence-electron chi connectivity index (χ2n) is 3.39. The summed E-state index contributed by atoms with van der Waals surface area (Å²) in [4.78, 5) is 10.1. The van der Waals surface area contributed by atoms with Crippen LogP contribution in [-0.2, 0) is 4.79 Å². The van der Waals surface area contributed by atoms with Gasteiger partial charge in [0.15, 0.2) is 0 Å². The Morgan fingerprint density at radius 1 is 1.25 bits per heavy atom. The van der Waals surface area contributed by atoms with E-state index in [2.05, 4.69) is 13.8 Å².